The van der Waals surface area contributed by atoms with Crippen LogP contribution in [0, 0.1) is 0 Å². The highest BCUT2D eigenvalue weighted by Gasteiger charge is 2.05. The van der Waals surface area contributed by atoms with Crippen LogP contribution in [0.25, 0.3) is 46.4 Å². The molecule has 138 valence electrons. The summed E-state index contributed by atoms with van der Waals surface area (Å²) in [6.07, 6.45) is 8.02. The minimum atomic E-state index is 0.356. The number of hydrogen-bond donors (Lipinski definition) is 0. The molecular formula is C22H16Cl2N4. The van der Waals surface area contributed by atoms with Crippen LogP contribution in [0.5, 0.6) is 0 Å². The van der Waals surface area contributed by atoms with Crippen LogP contribution in [0.1, 0.15) is 22.8 Å². The first kappa shape index (κ1) is 17.3. The molecular weight excluding hydrogens is 391 g/mol. The Kier molecular flexibility index (Phi) is 4.30. The van der Waals surface area contributed by atoms with Crippen molar-refractivity contribution in [1.29, 1.82) is 0 Å². The number of nitrogens with zero attached hydrogens (tertiary/aromatic N) is 4. The van der Waals surface area contributed by atoms with E-state index in [1.165, 1.54) is 0 Å². The Balaban J connectivity index is 1.90. The van der Waals surface area contributed by atoms with Gasteiger partial charge in [0.2, 0.25) is 0 Å². The van der Waals surface area contributed by atoms with E-state index in [0.717, 1.165) is 44.8 Å². The van der Waals surface area contributed by atoms with E-state index in [0.29, 0.717) is 12.0 Å². The van der Waals surface area contributed by atoms with Gasteiger partial charge in [0.05, 0.1) is 34.8 Å². The number of fused-ring (bicyclic) bond motifs is 8. The molecule has 0 unspecified atom stereocenters. The monoisotopic (exact) mass is 406 g/mol. The first-order valence-electron chi connectivity index (χ1n) is 8.91. The van der Waals surface area contributed by atoms with Crippen LogP contribution < -0.4 is 0 Å². The van der Waals surface area contributed by atoms with Crippen LogP contribution in [0.3, 0.4) is 0 Å². The lowest BCUT2D eigenvalue weighted by Gasteiger charge is -2.00. The summed E-state index contributed by atoms with van der Waals surface area (Å²) >= 11 is 12.4. The van der Waals surface area contributed by atoms with Crippen molar-refractivity contribution < 1.29 is 0 Å². The summed E-state index contributed by atoms with van der Waals surface area (Å²) in [5, 5.41) is 0. The average Bonchev–Trinajstić information content (AvgIpc) is 3.46. The predicted molar refractivity (Wildman–Crippen MR) is 118 cm³/mol. The summed E-state index contributed by atoms with van der Waals surface area (Å²) in [6.45, 7) is 0. The molecule has 0 spiro atoms. The summed E-state index contributed by atoms with van der Waals surface area (Å²) in [7, 11) is 0. The van der Waals surface area contributed by atoms with Gasteiger partial charge < -0.3 is 9.13 Å². The van der Waals surface area contributed by atoms with Gasteiger partial charge >= 0.3 is 0 Å². The van der Waals surface area contributed by atoms with E-state index in [1.807, 2.05) is 82.0 Å². The highest BCUT2D eigenvalue weighted by Crippen LogP contribution is 2.21. The predicted octanol–water partition coefficient (Wildman–Crippen LogP) is 6.00. The van der Waals surface area contributed by atoms with Gasteiger partial charge in [-0.1, -0.05) is 0 Å². The van der Waals surface area contributed by atoms with Crippen LogP contribution in [0.2, 0.25) is 0 Å². The smallest absolute Gasteiger partial charge is 0.0977 e. The quantitative estimate of drug-likeness (QED) is 0.337. The molecule has 0 aromatic carbocycles. The maximum Gasteiger partial charge on any atom is 0.0977 e. The Bertz CT molecular complexity index is 1110. The number of halogens is 2. The van der Waals surface area contributed by atoms with Crippen molar-refractivity contribution >= 4 is 69.6 Å². The number of aromatic nitrogens is 4. The zero-order valence-corrected chi connectivity index (χ0v) is 16.4. The third-order valence-corrected chi connectivity index (χ3v) is 5.36. The van der Waals surface area contributed by atoms with Crippen molar-refractivity contribution in [3.05, 3.63) is 71.3 Å². The molecule has 0 atom stereocenters. The second-order valence-corrected chi connectivity index (χ2v) is 7.11. The molecule has 6 heteroatoms. The van der Waals surface area contributed by atoms with E-state index in [9.17, 15) is 0 Å². The number of rotatable bonds is 2. The molecule has 2 aliphatic rings. The van der Waals surface area contributed by atoms with Gasteiger partial charge in [-0.2, -0.15) is 0 Å². The molecule has 0 aliphatic carbocycles. The van der Waals surface area contributed by atoms with Crippen molar-refractivity contribution in [2.45, 2.75) is 12.0 Å². The Labute approximate surface area is 172 Å². The molecule has 5 heterocycles. The van der Waals surface area contributed by atoms with E-state index in [-0.39, 0.29) is 0 Å². The summed E-state index contributed by atoms with van der Waals surface area (Å²) < 4.78 is 4.07. The molecule has 2 aliphatic heterocycles. The summed E-state index contributed by atoms with van der Waals surface area (Å²) in [4.78, 5) is 9.43. The van der Waals surface area contributed by atoms with Gasteiger partial charge in [0.1, 0.15) is 0 Å². The van der Waals surface area contributed by atoms with E-state index >= 15 is 0 Å². The third-order valence-electron chi connectivity index (χ3n) is 4.88. The average molecular weight is 407 g/mol. The lowest BCUT2D eigenvalue weighted by molar-refractivity contribution is 0.968. The second kappa shape index (κ2) is 6.97. The molecule has 3 aromatic rings. The Morgan fingerprint density at radius 2 is 0.821 bits per heavy atom. The Morgan fingerprint density at radius 1 is 0.536 bits per heavy atom. The Morgan fingerprint density at radius 3 is 1.07 bits per heavy atom. The highest BCUT2D eigenvalue weighted by molar-refractivity contribution is 6.16. The largest absolute Gasteiger partial charge is 0.327 e. The molecule has 28 heavy (non-hydrogen) atoms. The van der Waals surface area contributed by atoms with E-state index in [1.54, 1.807) is 0 Å². The van der Waals surface area contributed by atoms with Gasteiger partial charge in [-0.3, -0.25) is 0 Å². The fourth-order valence-electron chi connectivity index (χ4n) is 3.50. The fraction of sp³-hybridized carbons (Fsp3) is 0.0909. The van der Waals surface area contributed by atoms with Crippen LogP contribution in [0.4, 0.5) is 0 Å². The third kappa shape index (κ3) is 3.05. The molecule has 0 N–H and O–H groups in total. The van der Waals surface area contributed by atoms with E-state index in [2.05, 4.69) is 0 Å². The standard InChI is InChI=1S/C22H16Cl2N4/c23-13-27-19-5-6-21(27)11-17-3-4-18(26-17)12-22-8-7-20(28(22)14-24)10-16-2-1-15(9-19)25-16/h1-12H,13-14H2. The maximum atomic E-state index is 6.22. The number of alkyl halides is 2. The molecule has 3 aromatic heterocycles. The lowest BCUT2D eigenvalue weighted by Crippen LogP contribution is -1.91. The molecule has 0 radical (unpaired) electrons. The zero-order valence-electron chi connectivity index (χ0n) is 14.9. The second-order valence-electron chi connectivity index (χ2n) is 6.63. The summed E-state index contributed by atoms with van der Waals surface area (Å²) in [5.41, 5.74) is 7.56. The summed E-state index contributed by atoms with van der Waals surface area (Å²) in [6, 6.07) is 17.0. The minimum Gasteiger partial charge on any atom is -0.327 e. The maximum absolute atomic E-state index is 6.22. The molecule has 0 saturated carbocycles. The van der Waals surface area contributed by atoms with Gasteiger partial charge in [-0.15, -0.1) is 23.2 Å². The lowest BCUT2D eigenvalue weighted by atomic mass is 10.3. The molecule has 4 nitrogen and oxygen atoms in total. The molecule has 0 fully saturated rings. The SMILES string of the molecule is ClCn1c2ccc1cc1nc(cc3ccc(cc4nc(c2)C=C4)n3CCl)C=C1. The highest BCUT2D eigenvalue weighted by atomic mass is 35.5. The van der Waals surface area contributed by atoms with Crippen molar-refractivity contribution in [1.82, 2.24) is 19.1 Å². The van der Waals surface area contributed by atoms with Crippen molar-refractivity contribution in [2.24, 2.45) is 0 Å². The van der Waals surface area contributed by atoms with Gasteiger partial charge in [-0.25, -0.2) is 9.97 Å². The van der Waals surface area contributed by atoms with Gasteiger partial charge in [0.25, 0.3) is 0 Å². The normalized spacial score (nSPS) is 12.6. The van der Waals surface area contributed by atoms with Crippen molar-refractivity contribution in [3.8, 4) is 0 Å². The molecule has 0 saturated heterocycles. The molecule has 0 amide bonds. The first-order chi connectivity index (χ1) is 13.7. The van der Waals surface area contributed by atoms with Crippen LogP contribution in [-0.4, -0.2) is 19.1 Å². The van der Waals surface area contributed by atoms with Crippen molar-refractivity contribution in [3.63, 3.8) is 0 Å². The van der Waals surface area contributed by atoms with Gasteiger partial charge in [-0.05, 0) is 72.8 Å². The van der Waals surface area contributed by atoms with Crippen LogP contribution >= 0.6 is 23.2 Å². The minimum absolute atomic E-state index is 0.356. The number of hydrogen-bond acceptors (Lipinski definition) is 2. The van der Waals surface area contributed by atoms with Gasteiger partial charge in [0.15, 0.2) is 0 Å². The summed E-state index contributed by atoms with van der Waals surface area (Å²) in [5.74, 6) is 0. The van der Waals surface area contributed by atoms with E-state index in [4.69, 9.17) is 33.2 Å². The molecule has 5 rings (SSSR count). The topological polar surface area (TPSA) is 35.6 Å². The Hall–Kier alpha value is -2.82. The van der Waals surface area contributed by atoms with Gasteiger partial charge in [0, 0.05) is 22.1 Å². The van der Waals surface area contributed by atoms with Crippen molar-refractivity contribution in [2.75, 3.05) is 0 Å². The first-order valence-corrected chi connectivity index (χ1v) is 9.98. The molecule has 8 bridgehead atoms. The fourth-order valence-corrected chi connectivity index (χ4v) is 4.05. The zero-order chi connectivity index (χ0) is 19.1. The van der Waals surface area contributed by atoms with Crippen LogP contribution in [0.15, 0.2) is 48.5 Å². The van der Waals surface area contributed by atoms with E-state index < -0.39 is 0 Å². The van der Waals surface area contributed by atoms with Crippen LogP contribution in [-0.2, 0) is 12.0 Å².